The summed E-state index contributed by atoms with van der Waals surface area (Å²) >= 11 is 6.40. The van der Waals surface area contributed by atoms with Crippen molar-refractivity contribution in [3.63, 3.8) is 0 Å². The van der Waals surface area contributed by atoms with Crippen LogP contribution in [0.15, 0.2) is 109 Å². The Morgan fingerprint density at radius 3 is 2.06 bits per heavy atom. The van der Waals surface area contributed by atoms with E-state index < -0.39 is 0 Å². The van der Waals surface area contributed by atoms with Gasteiger partial charge in [-0.2, -0.15) is 0 Å². The van der Waals surface area contributed by atoms with Crippen LogP contribution in [-0.4, -0.2) is 14.6 Å². The first-order valence-electron chi connectivity index (χ1n) is 10.5. The van der Waals surface area contributed by atoms with Crippen molar-refractivity contribution in [2.45, 2.75) is 0 Å². The van der Waals surface area contributed by atoms with Crippen LogP contribution in [0.25, 0.3) is 50.1 Å². The SMILES string of the molecule is Clc1ccc(-c2ccc(-c3nc4c(-c5ccccc5)cccn4n3)cc2)c2ccccc12. The topological polar surface area (TPSA) is 30.2 Å². The Morgan fingerprint density at radius 1 is 0.562 bits per heavy atom. The van der Waals surface area contributed by atoms with Gasteiger partial charge in [-0.1, -0.05) is 96.5 Å². The lowest BCUT2D eigenvalue weighted by Gasteiger charge is -2.09. The maximum atomic E-state index is 6.40. The van der Waals surface area contributed by atoms with Crippen LogP contribution in [-0.2, 0) is 0 Å². The van der Waals surface area contributed by atoms with E-state index in [0.717, 1.165) is 49.3 Å². The highest BCUT2D eigenvalue weighted by Gasteiger charge is 2.12. The quantitative estimate of drug-likeness (QED) is 0.289. The van der Waals surface area contributed by atoms with E-state index in [1.807, 2.05) is 53.2 Å². The average molecular weight is 432 g/mol. The minimum absolute atomic E-state index is 0.709. The van der Waals surface area contributed by atoms with Crippen LogP contribution in [0, 0.1) is 0 Å². The molecular formula is C28H18ClN3. The Bertz CT molecular complexity index is 1570. The Kier molecular flexibility index (Phi) is 4.48. The van der Waals surface area contributed by atoms with Crippen LogP contribution >= 0.6 is 11.6 Å². The molecule has 0 fully saturated rings. The van der Waals surface area contributed by atoms with Crippen molar-refractivity contribution in [2.75, 3.05) is 0 Å². The fourth-order valence-corrected chi connectivity index (χ4v) is 4.41. The summed E-state index contributed by atoms with van der Waals surface area (Å²) in [6.45, 7) is 0. The molecule has 152 valence electrons. The summed E-state index contributed by atoms with van der Waals surface area (Å²) < 4.78 is 1.85. The Morgan fingerprint density at radius 2 is 1.25 bits per heavy atom. The van der Waals surface area contributed by atoms with Gasteiger partial charge < -0.3 is 0 Å². The van der Waals surface area contributed by atoms with Crippen molar-refractivity contribution < 1.29 is 0 Å². The fourth-order valence-electron chi connectivity index (χ4n) is 4.18. The van der Waals surface area contributed by atoms with Crippen LogP contribution in [0.5, 0.6) is 0 Å². The first kappa shape index (κ1) is 18.8. The summed E-state index contributed by atoms with van der Waals surface area (Å²) in [7, 11) is 0. The zero-order chi connectivity index (χ0) is 21.5. The van der Waals surface area contributed by atoms with E-state index in [1.165, 1.54) is 0 Å². The van der Waals surface area contributed by atoms with E-state index >= 15 is 0 Å². The number of hydrogen-bond acceptors (Lipinski definition) is 2. The summed E-state index contributed by atoms with van der Waals surface area (Å²) in [4.78, 5) is 4.86. The number of nitrogens with zero attached hydrogens (tertiary/aromatic N) is 3. The molecule has 0 aliphatic carbocycles. The van der Waals surface area contributed by atoms with Crippen LogP contribution in [0.1, 0.15) is 0 Å². The molecule has 0 amide bonds. The van der Waals surface area contributed by atoms with E-state index in [9.17, 15) is 0 Å². The molecule has 0 N–H and O–H groups in total. The highest BCUT2D eigenvalue weighted by atomic mass is 35.5. The molecule has 6 aromatic rings. The zero-order valence-corrected chi connectivity index (χ0v) is 17.9. The van der Waals surface area contributed by atoms with Gasteiger partial charge in [0.25, 0.3) is 0 Å². The number of fused-ring (bicyclic) bond motifs is 2. The van der Waals surface area contributed by atoms with E-state index in [-0.39, 0.29) is 0 Å². The highest BCUT2D eigenvalue weighted by Crippen LogP contribution is 2.34. The molecule has 0 saturated heterocycles. The Hall–Kier alpha value is -3.95. The normalized spacial score (nSPS) is 11.3. The number of benzene rings is 4. The molecule has 0 aliphatic heterocycles. The average Bonchev–Trinajstić information content (AvgIpc) is 3.30. The lowest BCUT2D eigenvalue weighted by molar-refractivity contribution is 0.967. The molecule has 0 spiro atoms. The van der Waals surface area contributed by atoms with Crippen LogP contribution in [0.3, 0.4) is 0 Å². The predicted octanol–water partition coefficient (Wildman–Crippen LogP) is 7.54. The molecular weight excluding hydrogens is 414 g/mol. The minimum atomic E-state index is 0.709. The molecule has 4 heteroatoms. The van der Waals surface area contributed by atoms with Crippen molar-refractivity contribution in [3.8, 4) is 33.6 Å². The van der Waals surface area contributed by atoms with Gasteiger partial charge in [0.05, 0.1) is 0 Å². The van der Waals surface area contributed by atoms with Crippen molar-refractivity contribution in [2.24, 2.45) is 0 Å². The lowest BCUT2D eigenvalue weighted by atomic mass is 9.97. The third kappa shape index (κ3) is 3.15. The number of aromatic nitrogens is 3. The van der Waals surface area contributed by atoms with E-state index in [2.05, 4.69) is 60.7 Å². The molecule has 4 aromatic carbocycles. The second-order valence-electron chi connectivity index (χ2n) is 7.71. The third-order valence-corrected chi connectivity index (χ3v) is 6.10. The molecule has 2 heterocycles. The zero-order valence-electron chi connectivity index (χ0n) is 17.1. The smallest absolute Gasteiger partial charge is 0.182 e. The summed E-state index contributed by atoms with van der Waals surface area (Å²) in [5.74, 6) is 0.709. The number of halogens is 1. The van der Waals surface area contributed by atoms with E-state index in [1.54, 1.807) is 0 Å². The number of rotatable bonds is 3. The third-order valence-electron chi connectivity index (χ3n) is 5.77. The van der Waals surface area contributed by atoms with Crippen LogP contribution in [0.2, 0.25) is 5.02 Å². The molecule has 0 unspecified atom stereocenters. The van der Waals surface area contributed by atoms with Gasteiger partial charge in [0, 0.05) is 27.7 Å². The van der Waals surface area contributed by atoms with E-state index in [4.69, 9.17) is 21.7 Å². The van der Waals surface area contributed by atoms with Gasteiger partial charge in [0.15, 0.2) is 11.5 Å². The first-order valence-corrected chi connectivity index (χ1v) is 10.8. The second kappa shape index (κ2) is 7.63. The van der Waals surface area contributed by atoms with Crippen molar-refractivity contribution in [3.05, 3.63) is 114 Å². The first-order chi connectivity index (χ1) is 15.8. The van der Waals surface area contributed by atoms with Gasteiger partial charge in [-0.15, -0.1) is 5.10 Å². The molecule has 0 radical (unpaired) electrons. The molecule has 32 heavy (non-hydrogen) atoms. The van der Waals surface area contributed by atoms with Gasteiger partial charge in [-0.25, -0.2) is 9.50 Å². The molecule has 3 nitrogen and oxygen atoms in total. The maximum Gasteiger partial charge on any atom is 0.182 e. The predicted molar refractivity (Wildman–Crippen MR) is 132 cm³/mol. The van der Waals surface area contributed by atoms with Gasteiger partial charge in [-0.3, -0.25) is 0 Å². The molecule has 0 atom stereocenters. The molecule has 6 rings (SSSR count). The second-order valence-corrected chi connectivity index (χ2v) is 8.12. The van der Waals surface area contributed by atoms with Gasteiger partial charge >= 0.3 is 0 Å². The summed E-state index contributed by atoms with van der Waals surface area (Å²) in [6, 6.07) is 35.0. The van der Waals surface area contributed by atoms with E-state index in [0.29, 0.717) is 5.82 Å². The van der Waals surface area contributed by atoms with Crippen LogP contribution in [0.4, 0.5) is 0 Å². The highest BCUT2D eigenvalue weighted by molar-refractivity contribution is 6.36. The summed E-state index contributed by atoms with van der Waals surface area (Å²) in [5.41, 5.74) is 6.32. The Labute approximate surface area is 190 Å². The van der Waals surface area contributed by atoms with Crippen molar-refractivity contribution >= 4 is 28.0 Å². The van der Waals surface area contributed by atoms with Gasteiger partial charge in [0.2, 0.25) is 0 Å². The molecule has 0 bridgehead atoms. The molecule has 0 saturated carbocycles. The van der Waals surface area contributed by atoms with Gasteiger partial charge in [0.1, 0.15) is 0 Å². The standard InChI is InChI=1S/C28H18ClN3/c29-26-17-16-22(24-9-4-5-10-25(24)26)20-12-14-21(15-13-20)27-30-28-23(11-6-18-32(28)31-27)19-7-2-1-3-8-19/h1-18H. The molecule has 0 aliphatic rings. The van der Waals surface area contributed by atoms with Crippen LogP contribution < -0.4 is 0 Å². The monoisotopic (exact) mass is 431 g/mol. The lowest BCUT2D eigenvalue weighted by Crippen LogP contribution is -1.89. The largest absolute Gasteiger partial charge is 0.220 e. The number of hydrogen-bond donors (Lipinski definition) is 0. The Balaban J connectivity index is 1.42. The molecule has 2 aromatic heterocycles. The van der Waals surface area contributed by atoms with Crippen molar-refractivity contribution in [1.82, 2.24) is 14.6 Å². The van der Waals surface area contributed by atoms with Gasteiger partial charge in [-0.05, 0) is 40.3 Å². The fraction of sp³-hybridized carbons (Fsp3) is 0. The minimum Gasteiger partial charge on any atom is -0.220 e. The summed E-state index contributed by atoms with van der Waals surface area (Å²) in [6.07, 6.45) is 1.94. The summed E-state index contributed by atoms with van der Waals surface area (Å²) in [5, 5.41) is 7.69. The van der Waals surface area contributed by atoms with Crippen molar-refractivity contribution in [1.29, 1.82) is 0 Å². The number of pyridine rings is 1. The maximum absolute atomic E-state index is 6.40.